The zero-order chi connectivity index (χ0) is 24.9. The Morgan fingerprint density at radius 1 is 1.08 bits per heavy atom. The van der Waals surface area contributed by atoms with Crippen LogP contribution in [0.25, 0.3) is 11.0 Å². The van der Waals surface area contributed by atoms with E-state index < -0.39 is 0 Å². The van der Waals surface area contributed by atoms with Crippen molar-refractivity contribution < 1.29 is 9.53 Å². The normalized spacial score (nSPS) is 13.7. The molecule has 0 saturated carbocycles. The Bertz CT molecular complexity index is 1340. The summed E-state index contributed by atoms with van der Waals surface area (Å²) in [4.78, 5) is 24.2. The predicted molar refractivity (Wildman–Crippen MR) is 142 cm³/mol. The van der Waals surface area contributed by atoms with Crippen LogP contribution in [0.4, 0.5) is 11.6 Å². The molecule has 1 saturated heterocycles. The van der Waals surface area contributed by atoms with Crippen molar-refractivity contribution in [3.05, 3.63) is 72.1 Å². The first-order valence-electron chi connectivity index (χ1n) is 12.6. The highest BCUT2D eigenvalue weighted by molar-refractivity contribution is 5.95. The van der Waals surface area contributed by atoms with Crippen LogP contribution >= 0.6 is 0 Å². The van der Waals surface area contributed by atoms with Crippen molar-refractivity contribution in [2.75, 3.05) is 31.5 Å². The van der Waals surface area contributed by atoms with Crippen molar-refractivity contribution in [2.24, 2.45) is 7.05 Å². The monoisotopic (exact) mass is 484 g/mol. The second-order valence-electron chi connectivity index (χ2n) is 9.08. The molecule has 0 bridgehead atoms. The van der Waals surface area contributed by atoms with Gasteiger partial charge in [-0.1, -0.05) is 19.1 Å². The van der Waals surface area contributed by atoms with Crippen molar-refractivity contribution in [3.63, 3.8) is 0 Å². The number of rotatable bonds is 9. The number of hydrogen-bond donors (Lipinski definition) is 2. The van der Waals surface area contributed by atoms with Crippen LogP contribution in [0.5, 0.6) is 11.5 Å². The van der Waals surface area contributed by atoms with Crippen LogP contribution in [0.3, 0.4) is 0 Å². The molecular weight excluding hydrogens is 452 g/mol. The van der Waals surface area contributed by atoms with Crippen LogP contribution in [-0.4, -0.2) is 51.5 Å². The number of aromatic nitrogens is 3. The SMILES string of the molecule is CCc1ccc(Nc2nc3cc(Oc4cccnc4C(=O)NCCN4CCCC4)ccc3n2C)cc1. The van der Waals surface area contributed by atoms with E-state index in [0.29, 0.717) is 18.0 Å². The minimum Gasteiger partial charge on any atom is -0.455 e. The number of carbonyl (C=O) groups is 1. The number of imidazole rings is 1. The molecule has 0 unspecified atom stereocenters. The van der Waals surface area contributed by atoms with Crippen molar-refractivity contribution in [1.29, 1.82) is 0 Å². The van der Waals surface area contributed by atoms with E-state index in [-0.39, 0.29) is 11.6 Å². The molecule has 4 aromatic rings. The summed E-state index contributed by atoms with van der Waals surface area (Å²) >= 11 is 0. The summed E-state index contributed by atoms with van der Waals surface area (Å²) in [6.45, 7) is 5.79. The third kappa shape index (κ3) is 5.33. The summed E-state index contributed by atoms with van der Waals surface area (Å²) in [5, 5.41) is 6.37. The number of hydrogen-bond acceptors (Lipinski definition) is 6. The van der Waals surface area contributed by atoms with Crippen LogP contribution in [-0.2, 0) is 13.5 Å². The van der Waals surface area contributed by atoms with Crippen LogP contribution in [0, 0.1) is 0 Å². The van der Waals surface area contributed by atoms with Gasteiger partial charge in [0.05, 0.1) is 11.0 Å². The van der Waals surface area contributed by atoms with Crippen molar-refractivity contribution >= 4 is 28.6 Å². The van der Waals surface area contributed by atoms with Gasteiger partial charge in [0.25, 0.3) is 5.91 Å². The Kier molecular flexibility index (Phi) is 7.13. The van der Waals surface area contributed by atoms with Gasteiger partial charge in [0.2, 0.25) is 5.95 Å². The summed E-state index contributed by atoms with van der Waals surface area (Å²) in [5.74, 6) is 1.52. The molecule has 2 N–H and O–H groups in total. The average molecular weight is 485 g/mol. The number of amides is 1. The van der Waals surface area contributed by atoms with Gasteiger partial charge in [-0.3, -0.25) is 4.79 Å². The van der Waals surface area contributed by atoms with Crippen molar-refractivity contribution in [1.82, 2.24) is 24.8 Å². The van der Waals surface area contributed by atoms with E-state index in [0.717, 1.165) is 48.7 Å². The topological polar surface area (TPSA) is 84.3 Å². The molecule has 5 rings (SSSR count). The molecule has 0 radical (unpaired) electrons. The molecule has 2 aromatic heterocycles. The zero-order valence-corrected chi connectivity index (χ0v) is 20.8. The van der Waals surface area contributed by atoms with Crippen LogP contribution in [0.15, 0.2) is 60.8 Å². The van der Waals surface area contributed by atoms with Gasteiger partial charge < -0.3 is 24.8 Å². The number of benzene rings is 2. The van der Waals surface area contributed by atoms with Gasteiger partial charge in [-0.05, 0) is 74.3 Å². The number of carbonyl (C=O) groups excluding carboxylic acids is 1. The molecule has 8 nitrogen and oxygen atoms in total. The summed E-state index contributed by atoms with van der Waals surface area (Å²) in [7, 11) is 1.98. The third-order valence-corrected chi connectivity index (χ3v) is 6.60. The number of anilines is 2. The number of nitrogens with one attached hydrogen (secondary N) is 2. The van der Waals surface area contributed by atoms with Gasteiger partial charge in [-0.2, -0.15) is 0 Å². The highest BCUT2D eigenvalue weighted by Gasteiger charge is 2.17. The van der Waals surface area contributed by atoms with Gasteiger partial charge in [0.15, 0.2) is 11.4 Å². The molecule has 8 heteroatoms. The van der Waals surface area contributed by atoms with E-state index in [4.69, 9.17) is 9.72 Å². The highest BCUT2D eigenvalue weighted by atomic mass is 16.5. The number of nitrogens with zero attached hydrogens (tertiary/aromatic N) is 4. The van der Waals surface area contributed by atoms with Crippen molar-refractivity contribution in [3.8, 4) is 11.5 Å². The van der Waals surface area contributed by atoms with Crippen LogP contribution < -0.4 is 15.4 Å². The molecule has 3 heterocycles. The Morgan fingerprint density at radius 3 is 2.67 bits per heavy atom. The Hall–Kier alpha value is -3.91. The maximum atomic E-state index is 12.8. The maximum Gasteiger partial charge on any atom is 0.273 e. The predicted octanol–water partition coefficient (Wildman–Crippen LogP) is 4.89. The van der Waals surface area contributed by atoms with E-state index in [1.807, 2.05) is 29.8 Å². The molecular formula is C28H32N6O2. The summed E-state index contributed by atoms with van der Waals surface area (Å²) in [5.41, 5.74) is 4.32. The number of ether oxygens (including phenoxy) is 1. The van der Waals surface area contributed by atoms with E-state index >= 15 is 0 Å². The van der Waals surface area contributed by atoms with Crippen molar-refractivity contribution in [2.45, 2.75) is 26.2 Å². The lowest BCUT2D eigenvalue weighted by Gasteiger charge is -2.15. The second kappa shape index (κ2) is 10.8. The van der Waals surface area contributed by atoms with Gasteiger partial charge in [0, 0.05) is 38.1 Å². The molecule has 36 heavy (non-hydrogen) atoms. The maximum absolute atomic E-state index is 12.8. The molecule has 1 amide bonds. The third-order valence-electron chi connectivity index (χ3n) is 6.60. The quantitative estimate of drug-likeness (QED) is 0.352. The minimum absolute atomic E-state index is 0.232. The molecule has 186 valence electrons. The van der Waals surface area contributed by atoms with Gasteiger partial charge in [-0.25, -0.2) is 9.97 Å². The molecule has 1 aliphatic heterocycles. The largest absolute Gasteiger partial charge is 0.455 e. The Balaban J connectivity index is 1.29. The highest BCUT2D eigenvalue weighted by Crippen LogP contribution is 2.29. The molecule has 1 fully saturated rings. The molecule has 0 atom stereocenters. The fourth-order valence-electron chi connectivity index (χ4n) is 4.50. The number of likely N-dealkylation sites (tertiary alicyclic amines) is 1. The van der Waals surface area contributed by atoms with Gasteiger partial charge >= 0.3 is 0 Å². The lowest BCUT2D eigenvalue weighted by molar-refractivity contribution is 0.0942. The molecule has 2 aromatic carbocycles. The molecule has 1 aliphatic rings. The first-order chi connectivity index (χ1) is 17.6. The first-order valence-corrected chi connectivity index (χ1v) is 12.6. The smallest absolute Gasteiger partial charge is 0.273 e. The Labute approximate surface area is 211 Å². The van der Waals surface area contributed by atoms with E-state index in [1.54, 1.807) is 18.3 Å². The van der Waals surface area contributed by atoms with E-state index in [2.05, 4.69) is 51.7 Å². The molecule has 0 aliphatic carbocycles. The average Bonchev–Trinajstić information content (AvgIpc) is 3.52. The molecule has 0 spiro atoms. The number of aryl methyl sites for hydroxylation is 2. The zero-order valence-electron chi connectivity index (χ0n) is 20.8. The summed E-state index contributed by atoms with van der Waals surface area (Å²) in [6.07, 6.45) is 5.08. The lowest BCUT2D eigenvalue weighted by Crippen LogP contribution is -2.34. The van der Waals surface area contributed by atoms with E-state index in [1.165, 1.54) is 18.4 Å². The number of fused-ring (bicyclic) bond motifs is 1. The summed E-state index contributed by atoms with van der Waals surface area (Å²) in [6, 6.07) is 17.6. The lowest BCUT2D eigenvalue weighted by atomic mass is 10.1. The minimum atomic E-state index is -0.232. The standard InChI is InChI=1S/C28H32N6O2/c1-3-20-8-10-21(11-9-20)31-28-32-23-19-22(12-13-24(23)33(28)2)36-25-7-6-14-29-26(25)27(35)30-15-18-34-16-4-5-17-34/h6-14,19H,3-5,15-18H2,1-2H3,(H,30,35)(H,31,32). The first kappa shape index (κ1) is 23.8. The van der Waals surface area contributed by atoms with Gasteiger partial charge in [-0.15, -0.1) is 0 Å². The Morgan fingerprint density at radius 2 is 1.89 bits per heavy atom. The second-order valence-corrected chi connectivity index (χ2v) is 9.08. The van der Waals surface area contributed by atoms with E-state index in [9.17, 15) is 4.79 Å². The fourth-order valence-corrected chi connectivity index (χ4v) is 4.50. The summed E-state index contributed by atoms with van der Waals surface area (Å²) < 4.78 is 8.12. The van der Waals surface area contributed by atoms with Crippen LogP contribution in [0.1, 0.15) is 35.8 Å². The number of pyridine rings is 1. The van der Waals surface area contributed by atoms with Gasteiger partial charge in [0.1, 0.15) is 5.75 Å². The van der Waals surface area contributed by atoms with Crippen LogP contribution in [0.2, 0.25) is 0 Å². The fraction of sp³-hybridized carbons (Fsp3) is 0.321.